The molecule has 0 spiro atoms. The summed E-state index contributed by atoms with van der Waals surface area (Å²) < 4.78 is 30.3. The maximum atomic E-state index is 11.5. The molecule has 15 nitrogen and oxygen atoms in total. The Morgan fingerprint density at radius 3 is 1.59 bits per heavy atom. The molecule has 0 aliphatic carbocycles. The normalized spacial score (nSPS) is 16.4. The molecule has 66 heavy (non-hydrogen) atoms. The highest BCUT2D eigenvalue weighted by molar-refractivity contribution is 5.49. The van der Waals surface area contributed by atoms with Crippen molar-refractivity contribution in [3.63, 3.8) is 0 Å². The Morgan fingerprint density at radius 1 is 0.606 bits per heavy atom. The zero-order valence-corrected chi connectivity index (χ0v) is 39.5. The molecule has 4 heterocycles. The van der Waals surface area contributed by atoms with Crippen molar-refractivity contribution in [2.24, 2.45) is 0 Å². The van der Waals surface area contributed by atoms with Gasteiger partial charge in [0.25, 0.3) is 0 Å². The molecule has 7 rings (SSSR count). The number of aromatic nitrogens is 9. The molecule has 1 saturated heterocycles. The van der Waals surface area contributed by atoms with Gasteiger partial charge in [-0.25, -0.2) is 4.68 Å². The minimum Gasteiger partial charge on any atom is -0.497 e. The van der Waals surface area contributed by atoms with E-state index in [0.29, 0.717) is 26.1 Å². The minimum absolute atomic E-state index is 0.0963. The molecular weight excluding hydrogens is 833 g/mol. The van der Waals surface area contributed by atoms with Crippen LogP contribution in [0.4, 0.5) is 0 Å². The molecule has 3 atom stereocenters. The zero-order chi connectivity index (χ0) is 46.0. The van der Waals surface area contributed by atoms with Crippen molar-refractivity contribution in [2.75, 3.05) is 20.8 Å². The average Bonchev–Trinajstić information content (AvgIpc) is 4.18. The maximum absolute atomic E-state index is 11.5. The van der Waals surface area contributed by atoms with Crippen molar-refractivity contribution in [1.29, 1.82) is 0 Å². The van der Waals surface area contributed by atoms with E-state index >= 15 is 0 Å². The fourth-order valence-electron chi connectivity index (χ4n) is 8.84. The standard InChI is InChI=1S/C51H70N10O5/c1-5-7-9-11-13-18-30-59-36-43(52-55-59)33-58(34-44-37-60(56-53-44)31-19-14-12-10-8-6-2)35-45-38-61(57-54-45)50-32-48(62)49(66-50)39-65-51(40-20-16-15-17-21-40,41-22-26-46(63-3)27-23-41)42-24-28-47(64-4)29-25-42/h15-17,20-29,36-38,48-50,62H,5-14,18-19,30-35,39H2,1-4H3/t48?,49-,50+/m1/s1. The van der Waals surface area contributed by atoms with Crippen LogP contribution in [0.3, 0.4) is 0 Å². The first-order chi connectivity index (χ1) is 32.4. The van der Waals surface area contributed by atoms with E-state index < -0.39 is 24.0 Å². The number of nitrogens with zero attached hydrogens (tertiary/aromatic N) is 10. The average molecular weight is 903 g/mol. The number of ether oxygens (including phenoxy) is 4. The van der Waals surface area contributed by atoms with E-state index in [2.05, 4.69) is 74.2 Å². The predicted molar refractivity (Wildman–Crippen MR) is 253 cm³/mol. The Labute approximate surface area is 390 Å². The van der Waals surface area contributed by atoms with E-state index in [1.807, 2.05) is 82.3 Å². The number of hydrogen-bond acceptors (Lipinski definition) is 12. The molecule has 1 aliphatic heterocycles. The van der Waals surface area contributed by atoms with Crippen LogP contribution in [0.2, 0.25) is 0 Å². The molecule has 0 radical (unpaired) electrons. The number of hydrogen-bond donors (Lipinski definition) is 1. The first-order valence-electron chi connectivity index (χ1n) is 24.1. The van der Waals surface area contributed by atoms with Gasteiger partial charge in [-0.1, -0.05) is 148 Å². The Kier molecular flexibility index (Phi) is 18.3. The molecule has 0 bridgehead atoms. The molecular formula is C51H70N10O5. The van der Waals surface area contributed by atoms with Crippen LogP contribution in [0.5, 0.6) is 11.5 Å². The van der Waals surface area contributed by atoms with Gasteiger partial charge in [-0.2, -0.15) is 0 Å². The van der Waals surface area contributed by atoms with Gasteiger partial charge in [-0.15, -0.1) is 15.3 Å². The molecule has 3 aromatic heterocycles. The number of aryl methyl sites for hydroxylation is 2. The van der Waals surface area contributed by atoms with E-state index in [0.717, 1.165) is 71.2 Å². The summed E-state index contributed by atoms with van der Waals surface area (Å²) in [7, 11) is 3.31. The summed E-state index contributed by atoms with van der Waals surface area (Å²) >= 11 is 0. The summed E-state index contributed by atoms with van der Waals surface area (Å²) in [4.78, 5) is 2.25. The molecule has 6 aromatic rings. The highest BCUT2D eigenvalue weighted by atomic mass is 16.6. The lowest BCUT2D eigenvalue weighted by atomic mass is 9.80. The van der Waals surface area contributed by atoms with Crippen molar-refractivity contribution in [3.05, 3.63) is 131 Å². The second kappa shape index (κ2) is 24.9. The third-order valence-corrected chi connectivity index (χ3v) is 12.5. The summed E-state index contributed by atoms with van der Waals surface area (Å²) in [6, 6.07) is 25.9. The highest BCUT2D eigenvalue weighted by Crippen LogP contribution is 2.43. The van der Waals surface area contributed by atoms with Crippen molar-refractivity contribution in [3.8, 4) is 11.5 Å². The smallest absolute Gasteiger partial charge is 0.155 e. The summed E-state index contributed by atoms with van der Waals surface area (Å²) in [6.07, 6.45) is 19.1. The summed E-state index contributed by atoms with van der Waals surface area (Å²) in [5.74, 6) is 1.47. The van der Waals surface area contributed by atoms with Gasteiger partial charge in [0.05, 0.1) is 50.2 Å². The topological polar surface area (TPSA) is 153 Å². The molecule has 1 fully saturated rings. The van der Waals surface area contributed by atoms with E-state index in [9.17, 15) is 5.11 Å². The van der Waals surface area contributed by atoms with Gasteiger partial charge in [0.15, 0.2) is 6.23 Å². The number of aliphatic hydroxyl groups is 1. The molecule has 1 N–H and O–H groups in total. The first kappa shape index (κ1) is 48.5. The quantitative estimate of drug-likeness (QED) is 0.0353. The van der Waals surface area contributed by atoms with Gasteiger partial charge >= 0.3 is 0 Å². The van der Waals surface area contributed by atoms with Crippen LogP contribution in [-0.4, -0.2) is 88.0 Å². The number of benzene rings is 3. The molecule has 1 unspecified atom stereocenters. The Hall–Kier alpha value is -5.48. The van der Waals surface area contributed by atoms with Crippen LogP contribution in [0.15, 0.2) is 97.5 Å². The van der Waals surface area contributed by atoms with E-state index in [1.165, 1.54) is 64.2 Å². The summed E-state index contributed by atoms with van der Waals surface area (Å²) in [5.41, 5.74) is 4.20. The van der Waals surface area contributed by atoms with Gasteiger partial charge in [-0.05, 0) is 53.8 Å². The Bertz CT molecular complexity index is 2180. The third-order valence-electron chi connectivity index (χ3n) is 12.5. The van der Waals surface area contributed by atoms with Gasteiger partial charge in [0, 0.05) is 51.5 Å². The molecule has 3 aromatic carbocycles. The van der Waals surface area contributed by atoms with Crippen molar-refractivity contribution < 1.29 is 24.1 Å². The minimum atomic E-state index is -1.05. The van der Waals surface area contributed by atoms with Crippen LogP contribution in [-0.2, 0) is 47.8 Å². The van der Waals surface area contributed by atoms with Gasteiger partial charge < -0.3 is 24.1 Å². The van der Waals surface area contributed by atoms with Crippen LogP contribution in [0.1, 0.15) is 137 Å². The molecule has 354 valence electrons. The number of aliphatic hydroxyl groups excluding tert-OH is 1. The van der Waals surface area contributed by atoms with Gasteiger partial charge in [-0.3, -0.25) is 14.3 Å². The first-order valence-corrected chi connectivity index (χ1v) is 24.1. The second-order valence-corrected chi connectivity index (χ2v) is 17.6. The number of unbranched alkanes of at least 4 members (excludes halogenated alkanes) is 10. The van der Waals surface area contributed by atoms with Crippen LogP contribution in [0, 0.1) is 0 Å². The second-order valence-electron chi connectivity index (χ2n) is 17.6. The maximum Gasteiger partial charge on any atom is 0.155 e. The number of rotatable bonds is 29. The lowest BCUT2D eigenvalue weighted by Gasteiger charge is -2.37. The summed E-state index contributed by atoms with van der Waals surface area (Å²) in [5, 5.41) is 38.7. The van der Waals surface area contributed by atoms with Crippen molar-refractivity contribution in [1.82, 2.24) is 49.9 Å². The fraction of sp³-hybridized carbons (Fsp3) is 0.529. The van der Waals surface area contributed by atoms with Gasteiger partial charge in [0.1, 0.15) is 23.2 Å². The van der Waals surface area contributed by atoms with Crippen molar-refractivity contribution >= 4 is 0 Å². The molecule has 0 amide bonds. The van der Waals surface area contributed by atoms with Crippen LogP contribution < -0.4 is 9.47 Å². The van der Waals surface area contributed by atoms with E-state index in [-0.39, 0.29) is 6.61 Å². The van der Waals surface area contributed by atoms with Gasteiger partial charge in [0.2, 0.25) is 0 Å². The lowest BCUT2D eigenvalue weighted by Crippen LogP contribution is -2.38. The van der Waals surface area contributed by atoms with Crippen LogP contribution >= 0.6 is 0 Å². The Balaban J connectivity index is 1.04. The molecule has 1 aliphatic rings. The highest BCUT2D eigenvalue weighted by Gasteiger charge is 2.42. The van der Waals surface area contributed by atoms with E-state index in [4.69, 9.17) is 18.9 Å². The predicted octanol–water partition coefficient (Wildman–Crippen LogP) is 9.06. The SMILES string of the molecule is CCCCCCCCn1cc(CN(Cc2cn(CCCCCCCC)nn2)Cc2cn([C@@H]3CC(O)[C@@H](COC(c4ccccc4)(c4ccc(OC)cc4)c4ccc(OC)cc4)O3)nn2)nn1. The van der Waals surface area contributed by atoms with Crippen molar-refractivity contribution in [2.45, 2.75) is 154 Å². The third kappa shape index (κ3) is 13.1. The Morgan fingerprint density at radius 2 is 1.08 bits per heavy atom. The van der Waals surface area contributed by atoms with Crippen LogP contribution in [0.25, 0.3) is 0 Å². The number of methoxy groups -OCH3 is 2. The molecule has 15 heteroatoms. The largest absolute Gasteiger partial charge is 0.497 e. The lowest BCUT2D eigenvalue weighted by molar-refractivity contribution is -0.0959. The van der Waals surface area contributed by atoms with E-state index in [1.54, 1.807) is 18.9 Å². The molecule has 0 saturated carbocycles. The zero-order valence-electron chi connectivity index (χ0n) is 39.5. The fourth-order valence-corrected chi connectivity index (χ4v) is 8.84. The summed E-state index contributed by atoms with van der Waals surface area (Å²) in [6.45, 7) is 7.89. The monoisotopic (exact) mass is 903 g/mol.